The van der Waals surface area contributed by atoms with Crippen LogP contribution < -0.4 is 0 Å². The number of hydrogen-bond donors (Lipinski definition) is 0. The molecule has 0 amide bonds. The lowest BCUT2D eigenvalue weighted by atomic mass is 10.5. The Bertz CT molecular complexity index is 142. The van der Waals surface area contributed by atoms with Crippen molar-refractivity contribution < 1.29 is 0 Å². The van der Waals surface area contributed by atoms with E-state index >= 15 is 0 Å². The van der Waals surface area contributed by atoms with Crippen LogP contribution >= 0.6 is 0 Å². The molecule has 0 fully saturated rings. The minimum atomic E-state index is -0.951. The van der Waals surface area contributed by atoms with Crippen LogP contribution in [0.25, 0.3) is 0 Å². The summed E-state index contributed by atoms with van der Waals surface area (Å²) in [5, 5.41) is 1.57. The molecule has 1 atom stereocenters. The molecule has 0 aliphatic carbocycles. The third kappa shape index (κ3) is 3.38. The van der Waals surface area contributed by atoms with Crippen LogP contribution in [0.2, 0.25) is 38.3 Å². The lowest BCUT2D eigenvalue weighted by molar-refractivity contribution is 1.10. The Balaban J connectivity index is 4.26. The Morgan fingerprint density at radius 3 is 1.73 bits per heavy atom. The van der Waals surface area contributed by atoms with E-state index in [9.17, 15) is 0 Å². The van der Waals surface area contributed by atoms with Gasteiger partial charge in [-0.1, -0.05) is 44.9 Å². The first-order chi connectivity index (χ1) is 4.76. The van der Waals surface area contributed by atoms with E-state index < -0.39 is 16.9 Å². The van der Waals surface area contributed by atoms with Crippen LogP contribution in [0.5, 0.6) is 0 Å². The summed E-state index contributed by atoms with van der Waals surface area (Å²) in [5.74, 6) is 0. The van der Waals surface area contributed by atoms with Crippen molar-refractivity contribution in [3.8, 4) is 0 Å². The Morgan fingerprint density at radius 1 is 1.27 bits per heavy atom. The van der Waals surface area contributed by atoms with E-state index in [1.807, 2.05) is 0 Å². The highest BCUT2D eigenvalue weighted by molar-refractivity contribution is 6.81. The summed E-state index contributed by atoms with van der Waals surface area (Å²) in [7, 11) is -1.53. The standard InChI is InChI=1S/C9H22Si2/c1-8(10(3)4)9(2)11(5,6)7/h9-10H,1H2,2-7H3. The molecule has 0 aromatic heterocycles. The minimum Gasteiger partial charge on any atom is -0.104 e. The molecular formula is C9H22Si2. The van der Waals surface area contributed by atoms with Gasteiger partial charge in [0.2, 0.25) is 0 Å². The second kappa shape index (κ2) is 3.72. The van der Waals surface area contributed by atoms with Crippen molar-refractivity contribution in [2.75, 3.05) is 0 Å². The summed E-state index contributed by atoms with van der Waals surface area (Å²) in [6.45, 7) is 18.6. The van der Waals surface area contributed by atoms with Gasteiger partial charge in [-0.25, -0.2) is 0 Å². The molecule has 0 bridgehead atoms. The van der Waals surface area contributed by atoms with Gasteiger partial charge in [-0.05, 0) is 5.54 Å². The van der Waals surface area contributed by atoms with Crippen molar-refractivity contribution in [1.29, 1.82) is 0 Å². The van der Waals surface area contributed by atoms with Gasteiger partial charge in [-0.2, -0.15) is 0 Å². The van der Waals surface area contributed by atoms with Gasteiger partial charge in [-0.15, -0.1) is 6.58 Å². The van der Waals surface area contributed by atoms with Crippen molar-refractivity contribution in [2.24, 2.45) is 0 Å². The summed E-state index contributed by atoms with van der Waals surface area (Å²) >= 11 is 0. The van der Waals surface area contributed by atoms with Gasteiger partial charge in [-0.3, -0.25) is 0 Å². The smallest absolute Gasteiger partial charge is 0.0587 e. The largest absolute Gasteiger partial charge is 0.104 e. The van der Waals surface area contributed by atoms with E-state index in [-0.39, 0.29) is 0 Å². The molecular weight excluding hydrogens is 164 g/mol. The normalized spacial score (nSPS) is 15.2. The van der Waals surface area contributed by atoms with Crippen molar-refractivity contribution in [2.45, 2.75) is 45.2 Å². The van der Waals surface area contributed by atoms with Gasteiger partial charge in [0, 0.05) is 0 Å². The molecule has 0 aromatic rings. The van der Waals surface area contributed by atoms with E-state index in [1.54, 1.807) is 5.20 Å². The molecule has 0 aliphatic heterocycles. The topological polar surface area (TPSA) is 0 Å². The molecule has 66 valence electrons. The van der Waals surface area contributed by atoms with Gasteiger partial charge >= 0.3 is 0 Å². The highest BCUT2D eigenvalue weighted by atomic mass is 28.3. The lowest BCUT2D eigenvalue weighted by Gasteiger charge is -2.28. The van der Waals surface area contributed by atoms with Crippen molar-refractivity contribution in [3.05, 3.63) is 11.8 Å². The summed E-state index contributed by atoms with van der Waals surface area (Å²) in [6.07, 6.45) is 0. The quantitative estimate of drug-likeness (QED) is 0.593. The van der Waals surface area contributed by atoms with Crippen LogP contribution in [0.4, 0.5) is 0 Å². The first-order valence-electron chi connectivity index (χ1n) is 4.45. The summed E-state index contributed by atoms with van der Waals surface area (Å²) in [6, 6.07) is 0. The fourth-order valence-corrected chi connectivity index (χ4v) is 5.67. The van der Waals surface area contributed by atoms with Crippen LogP contribution in [-0.2, 0) is 0 Å². The second-order valence-electron chi connectivity index (χ2n) is 4.82. The minimum absolute atomic E-state index is 0.582. The van der Waals surface area contributed by atoms with Gasteiger partial charge in [0.1, 0.15) is 0 Å². The summed E-state index contributed by atoms with van der Waals surface area (Å²) in [4.78, 5) is 0. The van der Waals surface area contributed by atoms with E-state index in [1.165, 1.54) is 0 Å². The van der Waals surface area contributed by atoms with Crippen LogP contribution in [0, 0.1) is 0 Å². The third-order valence-electron chi connectivity index (χ3n) is 2.60. The first-order valence-corrected chi connectivity index (χ1v) is 10.9. The molecule has 0 heterocycles. The SMILES string of the molecule is C=C(C(C)[Si](C)(C)C)[SiH](C)C. The predicted molar refractivity (Wildman–Crippen MR) is 60.8 cm³/mol. The maximum absolute atomic E-state index is 4.22. The van der Waals surface area contributed by atoms with Gasteiger partial charge in [0.15, 0.2) is 0 Å². The number of allylic oxidation sites excluding steroid dienone is 1. The molecule has 0 saturated heterocycles. The van der Waals surface area contributed by atoms with E-state index in [4.69, 9.17) is 0 Å². The van der Waals surface area contributed by atoms with E-state index in [2.05, 4.69) is 46.2 Å². The van der Waals surface area contributed by atoms with Crippen LogP contribution in [0.3, 0.4) is 0 Å². The van der Waals surface area contributed by atoms with Gasteiger partial charge in [0.25, 0.3) is 0 Å². The van der Waals surface area contributed by atoms with Crippen LogP contribution in [0.15, 0.2) is 11.8 Å². The Kier molecular flexibility index (Phi) is 3.78. The zero-order valence-electron chi connectivity index (χ0n) is 8.86. The summed E-state index contributed by atoms with van der Waals surface area (Å²) in [5.41, 5.74) is 0.814. The molecule has 2 heteroatoms. The molecule has 11 heavy (non-hydrogen) atoms. The van der Waals surface area contributed by atoms with Gasteiger partial charge < -0.3 is 0 Å². The van der Waals surface area contributed by atoms with Crippen molar-refractivity contribution in [1.82, 2.24) is 0 Å². The molecule has 1 unspecified atom stereocenters. The zero-order valence-corrected chi connectivity index (χ0v) is 11.0. The van der Waals surface area contributed by atoms with Crippen LogP contribution in [-0.4, -0.2) is 16.9 Å². The maximum Gasteiger partial charge on any atom is 0.0587 e. The maximum atomic E-state index is 4.22. The molecule has 0 spiro atoms. The Hall–Kier alpha value is 0.174. The molecule has 0 rings (SSSR count). The Labute approximate surface area is 74.3 Å². The van der Waals surface area contributed by atoms with Crippen molar-refractivity contribution >= 4 is 16.9 Å². The monoisotopic (exact) mass is 186 g/mol. The number of rotatable bonds is 3. The van der Waals surface area contributed by atoms with Crippen LogP contribution in [0.1, 0.15) is 6.92 Å². The Morgan fingerprint density at radius 2 is 1.64 bits per heavy atom. The lowest BCUT2D eigenvalue weighted by Crippen LogP contribution is -2.30. The molecule has 0 aliphatic rings. The molecule has 0 aromatic carbocycles. The average Bonchev–Trinajstić information content (AvgIpc) is 1.82. The molecule has 0 radical (unpaired) electrons. The molecule has 0 N–H and O–H groups in total. The highest BCUT2D eigenvalue weighted by Gasteiger charge is 2.25. The third-order valence-corrected chi connectivity index (χ3v) is 7.88. The van der Waals surface area contributed by atoms with Crippen molar-refractivity contribution in [3.63, 3.8) is 0 Å². The van der Waals surface area contributed by atoms with E-state index in [0.717, 1.165) is 5.54 Å². The highest BCUT2D eigenvalue weighted by Crippen LogP contribution is 2.29. The predicted octanol–water partition coefficient (Wildman–Crippen LogP) is 3.30. The fourth-order valence-electron chi connectivity index (χ4n) is 1.06. The number of hydrogen-bond acceptors (Lipinski definition) is 0. The molecule has 0 nitrogen and oxygen atoms in total. The average molecular weight is 186 g/mol. The van der Waals surface area contributed by atoms with Gasteiger partial charge in [0.05, 0.1) is 16.9 Å². The zero-order chi connectivity index (χ0) is 9.23. The first kappa shape index (κ1) is 11.2. The molecule has 0 saturated carbocycles. The fraction of sp³-hybridized carbons (Fsp3) is 0.778. The summed E-state index contributed by atoms with van der Waals surface area (Å²) < 4.78 is 0. The van der Waals surface area contributed by atoms with E-state index in [0.29, 0.717) is 0 Å². The second-order valence-corrected chi connectivity index (χ2v) is 13.5.